The van der Waals surface area contributed by atoms with Crippen molar-refractivity contribution in [3.63, 3.8) is 0 Å². The van der Waals surface area contributed by atoms with E-state index < -0.39 is 23.6 Å². The van der Waals surface area contributed by atoms with E-state index in [2.05, 4.69) is 20.3 Å². The molecule has 0 aliphatic rings. The molecule has 3 N–H and O–H groups in total. The van der Waals surface area contributed by atoms with E-state index in [1.54, 1.807) is 47.6 Å². The molecule has 0 bridgehead atoms. The van der Waals surface area contributed by atoms with Gasteiger partial charge in [0.2, 0.25) is 5.78 Å². The summed E-state index contributed by atoms with van der Waals surface area (Å²) in [6.07, 6.45) is 4.67. The summed E-state index contributed by atoms with van der Waals surface area (Å²) in [4.78, 5) is 49.4. The average molecular weight is 384 g/mol. The molecule has 0 aliphatic heterocycles. The van der Waals surface area contributed by atoms with Crippen LogP contribution in [0.1, 0.15) is 21.2 Å². The predicted octanol–water partition coefficient (Wildman–Crippen LogP) is 0.428. The van der Waals surface area contributed by atoms with Crippen LogP contribution < -0.4 is 11.1 Å². The Balaban J connectivity index is 1.88. The maximum Gasteiger partial charge on any atom is 0.287 e. The maximum absolute atomic E-state index is 12.8. The highest BCUT2D eigenvalue weighted by Crippen LogP contribution is 2.14. The highest BCUT2D eigenvalue weighted by atomic mass is 32.1. The van der Waals surface area contributed by atoms with Gasteiger partial charge < -0.3 is 11.1 Å². The van der Waals surface area contributed by atoms with Crippen LogP contribution in [-0.4, -0.2) is 43.2 Å². The van der Waals surface area contributed by atoms with Gasteiger partial charge in [0.25, 0.3) is 11.8 Å². The van der Waals surface area contributed by atoms with Crippen LogP contribution in [0.2, 0.25) is 0 Å². The van der Waals surface area contributed by atoms with Gasteiger partial charge in [0.1, 0.15) is 23.4 Å². The lowest BCUT2D eigenvalue weighted by atomic mass is 10.1. The van der Waals surface area contributed by atoms with Gasteiger partial charge in [-0.1, -0.05) is 6.07 Å². The number of aromatic nitrogens is 4. The molecule has 10 heteroatoms. The third kappa shape index (κ3) is 4.06. The normalized spacial score (nSPS) is 11.7. The van der Waals surface area contributed by atoms with Crippen LogP contribution in [0.3, 0.4) is 0 Å². The zero-order valence-corrected chi connectivity index (χ0v) is 15.1. The Morgan fingerprint density at radius 2 is 2.07 bits per heavy atom. The number of nitrogens with two attached hydrogens (primary N) is 1. The SMILES string of the molecule is Cc1ncc(C(=O)NC(Cc2cncs2)C(=O)C(N)=O)n1-c1ccccn1. The number of nitrogens with zero attached hydrogens (tertiary/aromatic N) is 4. The van der Waals surface area contributed by atoms with Crippen molar-refractivity contribution in [2.24, 2.45) is 5.73 Å². The van der Waals surface area contributed by atoms with E-state index in [0.29, 0.717) is 11.6 Å². The second-order valence-corrected chi connectivity index (χ2v) is 6.61. The fraction of sp³-hybridized carbons (Fsp3) is 0.176. The van der Waals surface area contributed by atoms with E-state index in [0.717, 1.165) is 4.88 Å². The highest BCUT2D eigenvalue weighted by Gasteiger charge is 2.28. The van der Waals surface area contributed by atoms with E-state index in [-0.39, 0.29) is 12.1 Å². The molecule has 1 atom stereocenters. The van der Waals surface area contributed by atoms with Gasteiger partial charge in [0, 0.05) is 23.7 Å². The monoisotopic (exact) mass is 384 g/mol. The summed E-state index contributed by atoms with van der Waals surface area (Å²) in [6.45, 7) is 1.73. The lowest BCUT2D eigenvalue weighted by Gasteiger charge is -2.16. The summed E-state index contributed by atoms with van der Waals surface area (Å²) in [5.74, 6) is -1.49. The summed E-state index contributed by atoms with van der Waals surface area (Å²) < 4.78 is 1.56. The van der Waals surface area contributed by atoms with Crippen molar-refractivity contribution in [1.29, 1.82) is 0 Å². The standard InChI is InChI=1S/C17H16N6O3S/c1-10-21-8-13(23(10)14-4-2-3-5-20-14)17(26)22-12(15(24)16(18)25)6-11-7-19-9-27-11/h2-5,7-9,12H,6H2,1H3,(H2,18,25)(H,22,26). The average Bonchev–Trinajstić information content (AvgIpc) is 3.30. The van der Waals surface area contributed by atoms with Crippen molar-refractivity contribution in [2.45, 2.75) is 19.4 Å². The number of ketones is 1. The van der Waals surface area contributed by atoms with Gasteiger partial charge in [-0.25, -0.2) is 9.97 Å². The second kappa shape index (κ2) is 7.87. The van der Waals surface area contributed by atoms with E-state index in [1.807, 2.05) is 0 Å². The third-order valence-corrected chi connectivity index (χ3v) is 4.60. The molecule has 0 radical (unpaired) electrons. The Bertz CT molecular complexity index is 968. The van der Waals surface area contributed by atoms with Crippen molar-refractivity contribution in [1.82, 2.24) is 24.8 Å². The molecule has 0 fully saturated rings. The Hall–Kier alpha value is -3.40. The van der Waals surface area contributed by atoms with Gasteiger partial charge in [-0.15, -0.1) is 11.3 Å². The van der Waals surface area contributed by atoms with Crippen molar-refractivity contribution in [3.8, 4) is 5.82 Å². The quantitative estimate of drug-likeness (QED) is 0.568. The molecule has 138 valence electrons. The number of nitrogens with one attached hydrogen (secondary N) is 1. The van der Waals surface area contributed by atoms with E-state index in [4.69, 9.17) is 5.73 Å². The molecule has 27 heavy (non-hydrogen) atoms. The van der Waals surface area contributed by atoms with Crippen LogP contribution in [0.15, 0.2) is 42.3 Å². The number of primary amides is 1. The van der Waals surface area contributed by atoms with Crippen LogP contribution in [0, 0.1) is 6.92 Å². The Morgan fingerprint density at radius 1 is 1.26 bits per heavy atom. The Labute approximate surface area is 158 Å². The molecule has 0 aliphatic carbocycles. The second-order valence-electron chi connectivity index (χ2n) is 5.64. The zero-order valence-electron chi connectivity index (χ0n) is 14.3. The number of rotatable bonds is 7. The smallest absolute Gasteiger partial charge is 0.287 e. The Kier molecular flexibility index (Phi) is 5.36. The van der Waals surface area contributed by atoms with Crippen molar-refractivity contribution in [2.75, 3.05) is 0 Å². The van der Waals surface area contributed by atoms with E-state index in [9.17, 15) is 14.4 Å². The van der Waals surface area contributed by atoms with Crippen molar-refractivity contribution < 1.29 is 14.4 Å². The van der Waals surface area contributed by atoms with Crippen LogP contribution in [-0.2, 0) is 16.0 Å². The topological polar surface area (TPSA) is 133 Å². The maximum atomic E-state index is 12.8. The highest BCUT2D eigenvalue weighted by molar-refractivity contribution is 7.09. The third-order valence-electron chi connectivity index (χ3n) is 3.80. The number of hydrogen-bond donors (Lipinski definition) is 2. The first kappa shape index (κ1) is 18.4. The molecule has 0 aromatic carbocycles. The Morgan fingerprint density at radius 3 is 2.70 bits per heavy atom. The summed E-state index contributed by atoms with van der Waals surface area (Å²) >= 11 is 1.31. The van der Waals surface area contributed by atoms with Crippen molar-refractivity contribution >= 4 is 28.9 Å². The molecule has 0 saturated heterocycles. The number of aryl methyl sites for hydroxylation is 1. The van der Waals surface area contributed by atoms with E-state index >= 15 is 0 Å². The largest absolute Gasteiger partial charge is 0.363 e. The first-order valence-electron chi connectivity index (χ1n) is 7.95. The number of hydrogen-bond acceptors (Lipinski definition) is 7. The number of Topliss-reactive ketones (excluding diaryl/α,β-unsaturated/α-hetero) is 1. The fourth-order valence-electron chi connectivity index (χ4n) is 2.54. The van der Waals surface area contributed by atoms with Crippen LogP contribution in [0.25, 0.3) is 5.82 Å². The van der Waals surface area contributed by atoms with E-state index in [1.165, 1.54) is 17.5 Å². The van der Waals surface area contributed by atoms with Crippen LogP contribution >= 0.6 is 11.3 Å². The number of thiazole rings is 1. The molecule has 3 aromatic heterocycles. The van der Waals surface area contributed by atoms with Crippen molar-refractivity contribution in [3.05, 3.63) is 58.7 Å². The lowest BCUT2D eigenvalue weighted by molar-refractivity contribution is -0.137. The predicted molar refractivity (Wildman–Crippen MR) is 97.4 cm³/mol. The molecule has 2 amide bonds. The number of carbonyl (C=O) groups excluding carboxylic acids is 3. The lowest BCUT2D eigenvalue weighted by Crippen LogP contribution is -2.47. The van der Waals surface area contributed by atoms with Gasteiger partial charge in [0.05, 0.1) is 11.7 Å². The molecule has 1 unspecified atom stereocenters. The van der Waals surface area contributed by atoms with Gasteiger partial charge in [-0.2, -0.15) is 0 Å². The van der Waals surface area contributed by atoms with Crippen LogP contribution in [0.5, 0.6) is 0 Å². The minimum absolute atomic E-state index is 0.120. The van der Waals surface area contributed by atoms with Gasteiger partial charge in [-0.05, 0) is 19.1 Å². The van der Waals surface area contributed by atoms with Gasteiger partial charge in [0.15, 0.2) is 0 Å². The summed E-state index contributed by atoms with van der Waals surface area (Å²) in [6, 6.07) is 4.18. The molecule has 3 rings (SSSR count). The number of amides is 2. The molecule has 0 saturated carbocycles. The molecule has 3 aromatic rings. The summed E-state index contributed by atoms with van der Waals surface area (Å²) in [5, 5.41) is 2.58. The van der Waals surface area contributed by atoms with Gasteiger partial charge >= 0.3 is 0 Å². The number of pyridine rings is 1. The molecular weight excluding hydrogens is 368 g/mol. The molecule has 3 heterocycles. The number of imidazole rings is 1. The first-order chi connectivity index (χ1) is 13.0. The first-order valence-corrected chi connectivity index (χ1v) is 8.83. The minimum Gasteiger partial charge on any atom is -0.363 e. The molecule has 9 nitrogen and oxygen atoms in total. The van der Waals surface area contributed by atoms with Crippen LogP contribution in [0.4, 0.5) is 0 Å². The molecule has 0 spiro atoms. The fourth-order valence-corrected chi connectivity index (χ4v) is 3.18. The van der Waals surface area contributed by atoms with Gasteiger partial charge in [-0.3, -0.25) is 23.9 Å². The zero-order chi connectivity index (χ0) is 19.4. The minimum atomic E-state index is -1.11. The summed E-state index contributed by atoms with van der Waals surface area (Å²) in [7, 11) is 0. The summed E-state index contributed by atoms with van der Waals surface area (Å²) in [5.41, 5.74) is 6.92. The number of carbonyl (C=O) groups is 3. The molecular formula is C17H16N6O3S.